The van der Waals surface area contributed by atoms with E-state index in [1.807, 2.05) is 0 Å². The lowest BCUT2D eigenvalue weighted by molar-refractivity contribution is -0.384. The van der Waals surface area contributed by atoms with Crippen molar-refractivity contribution in [1.29, 1.82) is 0 Å². The van der Waals surface area contributed by atoms with E-state index in [9.17, 15) is 14.9 Å². The Bertz CT molecular complexity index is 502. The maximum Gasteiger partial charge on any atom is 0.354 e. The summed E-state index contributed by atoms with van der Waals surface area (Å²) in [4.78, 5) is 26.6. The number of anilines is 1. The second kappa shape index (κ2) is 6.48. The second-order valence-corrected chi connectivity index (χ2v) is 3.95. The van der Waals surface area contributed by atoms with Gasteiger partial charge < -0.3 is 10.0 Å². The van der Waals surface area contributed by atoms with Gasteiger partial charge in [0, 0.05) is 19.7 Å². The highest BCUT2D eigenvalue weighted by Gasteiger charge is 2.21. The average molecular weight is 265 g/mol. The summed E-state index contributed by atoms with van der Waals surface area (Å²) in [6, 6.07) is 2.29. The number of rotatable bonds is 7. The number of carboxylic acid groups (broad SMARTS) is 1. The van der Waals surface area contributed by atoms with Crippen molar-refractivity contribution in [2.45, 2.75) is 12.8 Å². The topological polar surface area (TPSA) is 96.6 Å². The Kier molecular flexibility index (Phi) is 4.99. The van der Waals surface area contributed by atoms with E-state index >= 15 is 0 Å². The molecule has 0 spiro atoms. The third-order valence-electron chi connectivity index (χ3n) is 2.53. The third kappa shape index (κ3) is 3.77. The maximum atomic E-state index is 10.9. The van der Waals surface area contributed by atoms with Crippen molar-refractivity contribution in [3.05, 3.63) is 40.6 Å². The number of aromatic carboxylic acids is 1. The van der Waals surface area contributed by atoms with Gasteiger partial charge in [-0.05, 0) is 18.9 Å². The van der Waals surface area contributed by atoms with Crippen LogP contribution in [-0.2, 0) is 0 Å². The number of hydrogen-bond acceptors (Lipinski definition) is 5. The quantitative estimate of drug-likeness (QED) is 0.351. The SMILES string of the molecule is C=CCCCN(C)c1nc(C(=O)O)ccc1[N+](=O)[O-]. The molecular weight excluding hydrogens is 250 g/mol. The Labute approximate surface area is 110 Å². The van der Waals surface area contributed by atoms with Gasteiger partial charge in [0.2, 0.25) is 5.82 Å². The van der Waals surface area contributed by atoms with E-state index < -0.39 is 10.9 Å². The Balaban J connectivity index is 3.06. The normalized spacial score (nSPS) is 9.95. The summed E-state index contributed by atoms with van der Waals surface area (Å²) in [5.74, 6) is -1.15. The lowest BCUT2D eigenvalue weighted by Gasteiger charge is -2.17. The summed E-state index contributed by atoms with van der Waals surface area (Å²) >= 11 is 0. The van der Waals surface area contributed by atoms with Gasteiger partial charge >= 0.3 is 11.7 Å². The number of carboxylic acids is 1. The molecule has 19 heavy (non-hydrogen) atoms. The van der Waals surface area contributed by atoms with Crippen LogP contribution in [0.2, 0.25) is 0 Å². The molecule has 0 fully saturated rings. The Morgan fingerprint density at radius 1 is 1.63 bits per heavy atom. The van der Waals surface area contributed by atoms with Crippen molar-refractivity contribution in [2.24, 2.45) is 0 Å². The summed E-state index contributed by atoms with van der Waals surface area (Å²) in [5.41, 5.74) is -0.415. The highest BCUT2D eigenvalue weighted by atomic mass is 16.6. The zero-order valence-corrected chi connectivity index (χ0v) is 10.6. The number of nitrogens with zero attached hydrogens (tertiary/aromatic N) is 3. The number of nitro groups is 1. The summed E-state index contributed by atoms with van der Waals surface area (Å²) in [7, 11) is 1.64. The molecule has 1 heterocycles. The number of unbranched alkanes of at least 4 members (excludes halogenated alkanes) is 1. The van der Waals surface area contributed by atoms with Crippen molar-refractivity contribution in [2.75, 3.05) is 18.5 Å². The van der Waals surface area contributed by atoms with E-state index in [-0.39, 0.29) is 17.2 Å². The van der Waals surface area contributed by atoms with Crippen LogP contribution in [0.4, 0.5) is 11.5 Å². The first-order chi connectivity index (χ1) is 8.97. The van der Waals surface area contributed by atoms with E-state index in [4.69, 9.17) is 5.11 Å². The van der Waals surface area contributed by atoms with Gasteiger partial charge in [-0.3, -0.25) is 10.1 Å². The zero-order valence-electron chi connectivity index (χ0n) is 10.6. The van der Waals surface area contributed by atoms with Gasteiger partial charge in [-0.25, -0.2) is 9.78 Å². The van der Waals surface area contributed by atoms with Gasteiger partial charge in [-0.15, -0.1) is 6.58 Å². The standard InChI is InChI=1S/C12H15N3O4/c1-3-4-5-8-14(2)11-10(15(18)19)7-6-9(13-11)12(16)17/h3,6-7H,1,4-5,8H2,2H3,(H,16,17). The predicted octanol–water partition coefficient (Wildman–Crippen LogP) is 2.09. The molecule has 1 rings (SSSR count). The third-order valence-corrected chi connectivity index (χ3v) is 2.53. The molecule has 0 amide bonds. The van der Waals surface area contributed by atoms with Crippen molar-refractivity contribution < 1.29 is 14.8 Å². The van der Waals surface area contributed by atoms with Crippen LogP contribution in [0.3, 0.4) is 0 Å². The Morgan fingerprint density at radius 3 is 2.84 bits per heavy atom. The Morgan fingerprint density at radius 2 is 2.32 bits per heavy atom. The van der Waals surface area contributed by atoms with Crippen molar-refractivity contribution in [3.8, 4) is 0 Å². The van der Waals surface area contributed by atoms with Crippen LogP contribution in [0, 0.1) is 10.1 Å². The van der Waals surface area contributed by atoms with Crippen LogP contribution in [-0.4, -0.2) is 34.6 Å². The fraction of sp³-hybridized carbons (Fsp3) is 0.333. The number of carbonyl (C=O) groups is 1. The number of hydrogen-bond donors (Lipinski definition) is 1. The predicted molar refractivity (Wildman–Crippen MR) is 70.6 cm³/mol. The van der Waals surface area contributed by atoms with Crippen molar-refractivity contribution in [3.63, 3.8) is 0 Å². The van der Waals surface area contributed by atoms with Crippen LogP contribution in [0.1, 0.15) is 23.3 Å². The molecule has 0 atom stereocenters. The second-order valence-electron chi connectivity index (χ2n) is 3.95. The number of pyridine rings is 1. The van der Waals surface area contributed by atoms with Gasteiger partial charge in [-0.2, -0.15) is 0 Å². The van der Waals surface area contributed by atoms with Crippen LogP contribution in [0.5, 0.6) is 0 Å². The molecule has 0 unspecified atom stereocenters. The fourth-order valence-corrected chi connectivity index (χ4v) is 1.56. The molecule has 0 aliphatic heterocycles. The fourth-order valence-electron chi connectivity index (χ4n) is 1.56. The molecule has 0 bridgehead atoms. The van der Waals surface area contributed by atoms with Crippen LogP contribution in [0.25, 0.3) is 0 Å². The van der Waals surface area contributed by atoms with Crippen LogP contribution >= 0.6 is 0 Å². The van der Waals surface area contributed by atoms with Crippen molar-refractivity contribution in [1.82, 2.24) is 4.98 Å². The molecule has 1 N–H and O–H groups in total. The van der Waals surface area contributed by atoms with E-state index in [0.717, 1.165) is 25.0 Å². The van der Waals surface area contributed by atoms with E-state index in [0.29, 0.717) is 6.54 Å². The molecule has 0 saturated heterocycles. The minimum absolute atomic E-state index is 0.0639. The van der Waals surface area contributed by atoms with Crippen LogP contribution < -0.4 is 4.90 Å². The maximum absolute atomic E-state index is 10.9. The first-order valence-corrected chi connectivity index (χ1v) is 5.68. The van der Waals surface area contributed by atoms with Crippen molar-refractivity contribution >= 4 is 17.5 Å². The molecule has 1 aromatic rings. The molecule has 0 aromatic carbocycles. The molecule has 7 heteroatoms. The summed E-state index contributed by atoms with van der Waals surface area (Å²) < 4.78 is 0. The average Bonchev–Trinajstić information content (AvgIpc) is 2.37. The highest BCUT2D eigenvalue weighted by Crippen LogP contribution is 2.25. The summed E-state index contributed by atoms with van der Waals surface area (Å²) in [5, 5.41) is 19.8. The molecule has 0 aliphatic carbocycles. The Hall–Kier alpha value is -2.44. The summed E-state index contributed by atoms with van der Waals surface area (Å²) in [6.45, 7) is 4.12. The smallest absolute Gasteiger partial charge is 0.354 e. The molecule has 0 radical (unpaired) electrons. The van der Waals surface area contributed by atoms with Gasteiger partial charge in [0.1, 0.15) is 0 Å². The van der Waals surface area contributed by atoms with Gasteiger partial charge in [-0.1, -0.05) is 6.08 Å². The zero-order chi connectivity index (χ0) is 14.4. The molecule has 0 aliphatic rings. The molecule has 1 aromatic heterocycles. The molecular formula is C12H15N3O4. The van der Waals surface area contributed by atoms with E-state index in [1.165, 1.54) is 0 Å². The lowest BCUT2D eigenvalue weighted by Crippen LogP contribution is -2.21. The van der Waals surface area contributed by atoms with E-state index in [2.05, 4.69) is 11.6 Å². The van der Waals surface area contributed by atoms with E-state index in [1.54, 1.807) is 18.0 Å². The number of aromatic nitrogens is 1. The van der Waals surface area contributed by atoms with Gasteiger partial charge in [0.05, 0.1) is 4.92 Å². The van der Waals surface area contributed by atoms with Gasteiger partial charge in [0.25, 0.3) is 0 Å². The lowest BCUT2D eigenvalue weighted by atomic mass is 10.2. The molecule has 102 valence electrons. The largest absolute Gasteiger partial charge is 0.477 e. The highest BCUT2D eigenvalue weighted by molar-refractivity contribution is 5.86. The van der Waals surface area contributed by atoms with Crippen LogP contribution in [0.15, 0.2) is 24.8 Å². The minimum atomic E-state index is -1.21. The number of allylic oxidation sites excluding steroid dienone is 1. The first kappa shape index (κ1) is 14.6. The monoisotopic (exact) mass is 265 g/mol. The first-order valence-electron chi connectivity index (χ1n) is 5.68. The molecule has 7 nitrogen and oxygen atoms in total. The summed E-state index contributed by atoms with van der Waals surface area (Å²) in [6.07, 6.45) is 3.29. The molecule has 0 saturated carbocycles. The minimum Gasteiger partial charge on any atom is -0.477 e. The van der Waals surface area contributed by atoms with Gasteiger partial charge in [0.15, 0.2) is 5.69 Å².